The van der Waals surface area contributed by atoms with Gasteiger partial charge in [-0.2, -0.15) is 0 Å². The summed E-state index contributed by atoms with van der Waals surface area (Å²) in [5.74, 6) is -0.430. The van der Waals surface area contributed by atoms with Crippen LogP contribution in [0.15, 0.2) is 85.2 Å². The number of aromatic nitrogens is 1. The van der Waals surface area contributed by atoms with Gasteiger partial charge in [-0.3, -0.25) is 9.78 Å². The maximum Gasteiger partial charge on any atom is 0.234 e. The molecule has 0 saturated heterocycles. The van der Waals surface area contributed by atoms with Gasteiger partial charge in [-0.1, -0.05) is 66.7 Å². The number of rotatable bonds is 7. The molecule has 0 bridgehead atoms. The fourth-order valence-electron chi connectivity index (χ4n) is 3.05. The highest BCUT2D eigenvalue weighted by Gasteiger charge is 2.27. The predicted molar refractivity (Wildman–Crippen MR) is 101 cm³/mol. The van der Waals surface area contributed by atoms with Crippen LogP contribution in [0.3, 0.4) is 0 Å². The lowest BCUT2D eigenvalue weighted by Gasteiger charge is -2.27. The number of hydrogen-bond acceptors (Lipinski definition) is 3. The summed E-state index contributed by atoms with van der Waals surface area (Å²) in [7, 11) is 0. The van der Waals surface area contributed by atoms with E-state index in [1.165, 1.54) is 0 Å². The first-order valence-electron chi connectivity index (χ1n) is 8.68. The van der Waals surface area contributed by atoms with Gasteiger partial charge in [-0.15, -0.1) is 0 Å². The van der Waals surface area contributed by atoms with Gasteiger partial charge in [0.05, 0.1) is 12.5 Å². The molecular weight excluding hydrogens is 324 g/mol. The lowest BCUT2D eigenvalue weighted by molar-refractivity contribution is -0.133. The molecule has 3 rings (SSSR count). The summed E-state index contributed by atoms with van der Waals surface area (Å²) >= 11 is 0. The Morgan fingerprint density at radius 3 is 2.04 bits per heavy atom. The first kappa shape index (κ1) is 17.8. The average molecular weight is 346 g/mol. The van der Waals surface area contributed by atoms with Crippen LogP contribution in [0.4, 0.5) is 0 Å². The van der Waals surface area contributed by atoms with Crippen LogP contribution >= 0.6 is 0 Å². The van der Waals surface area contributed by atoms with Crippen LogP contribution in [0.25, 0.3) is 0 Å². The second kappa shape index (κ2) is 8.92. The van der Waals surface area contributed by atoms with Gasteiger partial charge in [-0.25, -0.2) is 0 Å². The Balaban J connectivity index is 1.94. The van der Waals surface area contributed by atoms with Gasteiger partial charge in [0.1, 0.15) is 0 Å². The number of amides is 1. The standard InChI is InChI=1S/C22H22N2O2/c25-15-14-24(17-18-8-7-13-23-16-18)22(26)21(19-9-3-1-4-10-19)20-11-5-2-6-12-20/h1-13,16,21,25H,14-15,17H2. The van der Waals surface area contributed by atoms with Gasteiger partial charge >= 0.3 is 0 Å². The fourth-order valence-corrected chi connectivity index (χ4v) is 3.05. The maximum absolute atomic E-state index is 13.4. The Morgan fingerprint density at radius 1 is 0.923 bits per heavy atom. The van der Waals surface area contributed by atoms with Gasteiger partial charge in [0.2, 0.25) is 5.91 Å². The third-order valence-electron chi connectivity index (χ3n) is 4.29. The SMILES string of the molecule is O=C(C(c1ccccc1)c1ccccc1)N(CCO)Cc1cccnc1. The van der Waals surface area contributed by atoms with Crippen molar-refractivity contribution in [3.05, 3.63) is 102 Å². The zero-order valence-electron chi connectivity index (χ0n) is 14.5. The molecule has 1 amide bonds. The third kappa shape index (κ3) is 4.35. The molecule has 0 aliphatic heterocycles. The number of aliphatic hydroxyl groups is 1. The van der Waals surface area contributed by atoms with E-state index in [9.17, 15) is 9.90 Å². The molecule has 132 valence electrons. The van der Waals surface area contributed by atoms with Crippen molar-refractivity contribution in [2.75, 3.05) is 13.2 Å². The second-order valence-corrected chi connectivity index (χ2v) is 6.10. The molecule has 26 heavy (non-hydrogen) atoms. The molecule has 4 heteroatoms. The van der Waals surface area contributed by atoms with Crippen LogP contribution in [0, 0.1) is 0 Å². The number of pyridine rings is 1. The van der Waals surface area contributed by atoms with Crippen molar-refractivity contribution < 1.29 is 9.90 Å². The van der Waals surface area contributed by atoms with Crippen LogP contribution in [-0.4, -0.2) is 34.0 Å². The number of aliphatic hydroxyl groups excluding tert-OH is 1. The fraction of sp³-hybridized carbons (Fsp3) is 0.182. The van der Waals surface area contributed by atoms with E-state index in [0.29, 0.717) is 6.54 Å². The van der Waals surface area contributed by atoms with E-state index in [4.69, 9.17) is 0 Å². The minimum absolute atomic E-state index is 0.0275. The predicted octanol–water partition coefficient (Wildman–Crippen LogP) is 3.23. The van der Waals surface area contributed by atoms with E-state index >= 15 is 0 Å². The summed E-state index contributed by atoms with van der Waals surface area (Å²) in [6.45, 7) is 0.621. The van der Waals surface area contributed by atoms with Crippen LogP contribution in [-0.2, 0) is 11.3 Å². The van der Waals surface area contributed by atoms with Gasteiger partial charge < -0.3 is 10.0 Å². The zero-order chi connectivity index (χ0) is 18.2. The molecule has 4 nitrogen and oxygen atoms in total. The van der Waals surface area contributed by atoms with Crippen molar-refractivity contribution in [1.29, 1.82) is 0 Å². The molecule has 3 aromatic rings. The van der Waals surface area contributed by atoms with Crippen LogP contribution in [0.2, 0.25) is 0 Å². The lowest BCUT2D eigenvalue weighted by Crippen LogP contribution is -2.37. The molecular formula is C22H22N2O2. The Kier molecular flexibility index (Phi) is 6.12. The first-order chi connectivity index (χ1) is 12.8. The molecule has 0 fully saturated rings. The number of hydrogen-bond donors (Lipinski definition) is 1. The number of carbonyl (C=O) groups is 1. The van der Waals surface area contributed by atoms with E-state index in [0.717, 1.165) is 16.7 Å². The Bertz CT molecular complexity index is 768. The van der Waals surface area contributed by atoms with E-state index in [2.05, 4.69) is 4.98 Å². The third-order valence-corrected chi connectivity index (χ3v) is 4.29. The number of carbonyl (C=O) groups excluding carboxylic acids is 1. The summed E-state index contributed by atoms with van der Waals surface area (Å²) in [5.41, 5.74) is 2.82. The Labute approximate surface area is 153 Å². The van der Waals surface area contributed by atoms with Crippen molar-refractivity contribution in [2.45, 2.75) is 12.5 Å². The topological polar surface area (TPSA) is 53.4 Å². The van der Waals surface area contributed by atoms with E-state index in [-0.39, 0.29) is 19.1 Å². The normalized spacial score (nSPS) is 10.7. The highest BCUT2D eigenvalue weighted by molar-refractivity contribution is 5.87. The van der Waals surface area contributed by atoms with Crippen molar-refractivity contribution in [3.63, 3.8) is 0 Å². The summed E-state index contributed by atoms with van der Waals surface area (Å²) < 4.78 is 0. The molecule has 0 radical (unpaired) electrons. The van der Waals surface area contributed by atoms with Crippen molar-refractivity contribution in [1.82, 2.24) is 9.88 Å². The first-order valence-corrected chi connectivity index (χ1v) is 8.68. The molecule has 1 N–H and O–H groups in total. The van der Waals surface area contributed by atoms with Gasteiger partial charge in [-0.05, 0) is 22.8 Å². The monoisotopic (exact) mass is 346 g/mol. The maximum atomic E-state index is 13.4. The minimum Gasteiger partial charge on any atom is -0.395 e. The average Bonchev–Trinajstić information content (AvgIpc) is 2.70. The minimum atomic E-state index is -0.402. The zero-order valence-corrected chi connectivity index (χ0v) is 14.5. The molecule has 2 aromatic carbocycles. The molecule has 0 spiro atoms. The summed E-state index contributed by atoms with van der Waals surface area (Å²) in [4.78, 5) is 19.2. The van der Waals surface area contributed by atoms with Crippen LogP contribution < -0.4 is 0 Å². The van der Waals surface area contributed by atoms with Gasteiger partial charge in [0.15, 0.2) is 0 Å². The van der Waals surface area contributed by atoms with Gasteiger partial charge in [0, 0.05) is 25.5 Å². The van der Waals surface area contributed by atoms with Crippen molar-refractivity contribution in [2.24, 2.45) is 0 Å². The van der Waals surface area contributed by atoms with E-state index < -0.39 is 5.92 Å². The number of benzene rings is 2. The smallest absolute Gasteiger partial charge is 0.234 e. The van der Waals surface area contributed by atoms with Crippen LogP contribution in [0.5, 0.6) is 0 Å². The van der Waals surface area contributed by atoms with Crippen molar-refractivity contribution in [3.8, 4) is 0 Å². The molecule has 1 heterocycles. The molecule has 0 aliphatic rings. The number of nitrogens with zero attached hydrogens (tertiary/aromatic N) is 2. The van der Waals surface area contributed by atoms with E-state index in [1.807, 2.05) is 72.8 Å². The van der Waals surface area contributed by atoms with E-state index in [1.54, 1.807) is 17.3 Å². The highest BCUT2D eigenvalue weighted by atomic mass is 16.3. The van der Waals surface area contributed by atoms with Crippen molar-refractivity contribution >= 4 is 5.91 Å². The summed E-state index contributed by atoms with van der Waals surface area (Å²) in [6, 6.07) is 23.3. The molecule has 0 aliphatic carbocycles. The molecule has 1 aromatic heterocycles. The Hall–Kier alpha value is -2.98. The largest absolute Gasteiger partial charge is 0.395 e. The van der Waals surface area contributed by atoms with Crippen LogP contribution in [0.1, 0.15) is 22.6 Å². The quantitative estimate of drug-likeness (QED) is 0.715. The summed E-state index contributed by atoms with van der Waals surface area (Å²) in [5, 5.41) is 9.48. The second-order valence-electron chi connectivity index (χ2n) is 6.10. The van der Waals surface area contributed by atoms with Gasteiger partial charge in [0.25, 0.3) is 0 Å². The lowest BCUT2D eigenvalue weighted by atomic mass is 9.90. The molecule has 0 saturated carbocycles. The summed E-state index contributed by atoms with van der Waals surface area (Å²) in [6.07, 6.45) is 3.45. The molecule has 0 atom stereocenters. The molecule has 0 unspecified atom stereocenters. The highest BCUT2D eigenvalue weighted by Crippen LogP contribution is 2.27. The Morgan fingerprint density at radius 2 is 1.54 bits per heavy atom.